The van der Waals surface area contributed by atoms with Crippen molar-refractivity contribution in [1.29, 1.82) is 0 Å². The molecule has 0 saturated heterocycles. The number of rotatable bonds is 7. The van der Waals surface area contributed by atoms with Gasteiger partial charge in [0.2, 0.25) is 5.82 Å². The molecule has 0 bridgehead atoms. The normalized spacial score (nSPS) is 11.4. The average molecular weight is 551 g/mol. The molecule has 0 N–H and O–H groups in total. The lowest BCUT2D eigenvalue weighted by atomic mass is 10.2. The van der Waals surface area contributed by atoms with Crippen LogP contribution in [0, 0.1) is 10.1 Å². The van der Waals surface area contributed by atoms with E-state index in [0.29, 0.717) is 33.0 Å². The molecule has 0 aliphatic rings. The van der Waals surface area contributed by atoms with Crippen LogP contribution in [0.15, 0.2) is 111 Å². The van der Waals surface area contributed by atoms with E-state index in [1.165, 1.54) is 16.8 Å². The topological polar surface area (TPSA) is 113 Å². The van der Waals surface area contributed by atoms with Crippen molar-refractivity contribution in [1.82, 2.24) is 9.66 Å². The number of fused-ring (bicyclic) bond motifs is 2. The molecule has 40 heavy (non-hydrogen) atoms. The van der Waals surface area contributed by atoms with Crippen LogP contribution < -0.4 is 10.3 Å². The number of ether oxygens (including phenoxy) is 1. The first kappa shape index (κ1) is 25.0. The Kier molecular flexibility index (Phi) is 6.55. The molecular weight excluding hydrogens is 532 g/mol. The second kappa shape index (κ2) is 10.5. The number of furan rings is 1. The van der Waals surface area contributed by atoms with Gasteiger partial charge in [-0.05, 0) is 83.9 Å². The van der Waals surface area contributed by atoms with Crippen molar-refractivity contribution in [2.24, 2.45) is 5.10 Å². The van der Waals surface area contributed by atoms with Gasteiger partial charge < -0.3 is 9.15 Å². The Balaban J connectivity index is 1.28. The van der Waals surface area contributed by atoms with E-state index in [2.05, 4.69) is 10.1 Å². The third-order valence-electron chi connectivity index (χ3n) is 6.21. The fourth-order valence-corrected chi connectivity index (χ4v) is 4.35. The molecule has 0 aliphatic carbocycles. The summed E-state index contributed by atoms with van der Waals surface area (Å²) in [5.74, 6) is 1.25. The van der Waals surface area contributed by atoms with Gasteiger partial charge in [-0.1, -0.05) is 23.7 Å². The molecular formula is C30H19ClN4O5. The highest BCUT2D eigenvalue weighted by molar-refractivity contribution is 6.31. The van der Waals surface area contributed by atoms with Crippen molar-refractivity contribution >= 4 is 45.4 Å². The highest BCUT2D eigenvalue weighted by Gasteiger charge is 2.16. The molecule has 6 aromatic rings. The minimum atomic E-state index is -0.442. The van der Waals surface area contributed by atoms with E-state index < -0.39 is 4.92 Å². The van der Waals surface area contributed by atoms with Crippen LogP contribution in [0.4, 0.5) is 5.69 Å². The molecule has 9 nitrogen and oxygen atoms in total. The zero-order valence-electron chi connectivity index (χ0n) is 20.7. The van der Waals surface area contributed by atoms with E-state index in [4.69, 9.17) is 20.8 Å². The molecule has 4 aromatic carbocycles. The van der Waals surface area contributed by atoms with E-state index >= 15 is 0 Å². The number of halogens is 1. The number of nitro benzene ring substituents is 1. The van der Waals surface area contributed by atoms with E-state index in [1.807, 2.05) is 6.07 Å². The molecule has 196 valence electrons. The number of aromatic nitrogens is 2. The Bertz CT molecular complexity index is 1960. The van der Waals surface area contributed by atoms with Crippen molar-refractivity contribution in [2.75, 3.05) is 0 Å². The van der Waals surface area contributed by atoms with E-state index in [-0.39, 0.29) is 23.7 Å². The average Bonchev–Trinajstić information content (AvgIpc) is 3.39. The van der Waals surface area contributed by atoms with Gasteiger partial charge in [-0.25, -0.2) is 4.98 Å². The Morgan fingerprint density at radius 2 is 1.77 bits per heavy atom. The van der Waals surface area contributed by atoms with Crippen LogP contribution in [-0.4, -0.2) is 20.8 Å². The van der Waals surface area contributed by atoms with Crippen molar-refractivity contribution in [3.63, 3.8) is 0 Å². The molecule has 0 unspecified atom stereocenters. The first-order valence-corrected chi connectivity index (χ1v) is 12.5. The summed E-state index contributed by atoms with van der Waals surface area (Å²) in [6.45, 7) is 0.260. The van der Waals surface area contributed by atoms with Crippen LogP contribution in [0.1, 0.15) is 11.1 Å². The first-order valence-electron chi connectivity index (χ1n) is 12.2. The fourth-order valence-electron chi connectivity index (χ4n) is 4.17. The van der Waals surface area contributed by atoms with Crippen LogP contribution >= 0.6 is 11.6 Å². The summed E-state index contributed by atoms with van der Waals surface area (Å²) in [6.07, 6.45) is 1.56. The third kappa shape index (κ3) is 5.05. The summed E-state index contributed by atoms with van der Waals surface area (Å²) in [5.41, 5.74) is 2.37. The van der Waals surface area contributed by atoms with Gasteiger partial charge in [0.15, 0.2) is 5.76 Å². The predicted molar refractivity (Wildman–Crippen MR) is 153 cm³/mol. The van der Waals surface area contributed by atoms with E-state index in [1.54, 1.807) is 85.1 Å². The second-order valence-electron chi connectivity index (χ2n) is 8.89. The fraction of sp³-hybridized carbons (Fsp3) is 0.0333. The zero-order chi connectivity index (χ0) is 27.6. The Labute approximate surface area is 231 Å². The smallest absolute Gasteiger partial charge is 0.282 e. The van der Waals surface area contributed by atoms with E-state index in [0.717, 1.165) is 16.5 Å². The number of non-ortho nitro benzene ring substituents is 1. The van der Waals surface area contributed by atoms with Gasteiger partial charge in [0.05, 0.1) is 22.0 Å². The first-order chi connectivity index (χ1) is 19.4. The minimum absolute atomic E-state index is 0.0287. The summed E-state index contributed by atoms with van der Waals surface area (Å²) < 4.78 is 13.0. The standard InChI is InChI=1S/C30H19ClN4O5/c31-22-9-14-27-21(15-22)16-28(40-27)29-33-26-4-2-1-3-25(26)30(36)34(29)32-17-19-7-12-24(13-8-19)39-18-20-5-10-23(11-6-20)35(37)38/h1-17H,18H2. The quantitative estimate of drug-likeness (QED) is 0.122. The van der Waals surface area contributed by atoms with Crippen molar-refractivity contribution in [3.8, 4) is 17.3 Å². The van der Waals surface area contributed by atoms with Crippen molar-refractivity contribution < 1.29 is 14.1 Å². The van der Waals surface area contributed by atoms with Gasteiger partial charge in [0, 0.05) is 22.5 Å². The number of para-hydroxylation sites is 1. The SMILES string of the molecule is O=c1c2ccccc2nc(-c2cc3cc(Cl)ccc3o2)n1N=Cc1ccc(OCc2ccc([N+](=O)[O-])cc2)cc1. The highest BCUT2D eigenvalue weighted by Crippen LogP contribution is 2.29. The summed E-state index contributed by atoms with van der Waals surface area (Å²) >= 11 is 6.14. The van der Waals surface area contributed by atoms with Crippen molar-refractivity contribution in [2.45, 2.75) is 6.61 Å². The number of hydrogen-bond acceptors (Lipinski definition) is 7. The van der Waals surface area contributed by atoms with Crippen LogP contribution in [-0.2, 0) is 6.61 Å². The lowest BCUT2D eigenvalue weighted by Crippen LogP contribution is -2.20. The molecule has 0 spiro atoms. The molecule has 2 aromatic heterocycles. The second-order valence-corrected chi connectivity index (χ2v) is 9.32. The summed E-state index contributed by atoms with van der Waals surface area (Å²) in [4.78, 5) is 28.5. The highest BCUT2D eigenvalue weighted by atomic mass is 35.5. The van der Waals surface area contributed by atoms with Crippen LogP contribution in [0.3, 0.4) is 0 Å². The number of nitrogens with zero attached hydrogens (tertiary/aromatic N) is 4. The maximum Gasteiger partial charge on any atom is 0.282 e. The predicted octanol–water partition coefficient (Wildman–Crippen LogP) is 6.83. The van der Waals surface area contributed by atoms with Crippen LogP contribution in [0.2, 0.25) is 5.02 Å². The molecule has 0 atom stereocenters. The molecule has 0 amide bonds. The van der Waals surface area contributed by atoms with Crippen molar-refractivity contribution in [3.05, 3.63) is 134 Å². The molecule has 2 heterocycles. The largest absolute Gasteiger partial charge is 0.489 e. The Morgan fingerprint density at radius 3 is 2.55 bits per heavy atom. The molecule has 0 radical (unpaired) electrons. The van der Waals surface area contributed by atoms with Crippen LogP contribution in [0.5, 0.6) is 5.75 Å². The van der Waals surface area contributed by atoms with Gasteiger partial charge in [-0.2, -0.15) is 9.78 Å². The molecule has 0 aliphatic heterocycles. The van der Waals surface area contributed by atoms with Gasteiger partial charge in [-0.3, -0.25) is 14.9 Å². The maximum absolute atomic E-state index is 13.4. The lowest BCUT2D eigenvalue weighted by molar-refractivity contribution is -0.384. The Hall–Kier alpha value is -5.28. The van der Waals surface area contributed by atoms with Crippen LogP contribution in [0.25, 0.3) is 33.5 Å². The third-order valence-corrected chi connectivity index (χ3v) is 6.44. The summed E-state index contributed by atoms with van der Waals surface area (Å²) in [6, 6.07) is 27.5. The summed E-state index contributed by atoms with van der Waals surface area (Å²) in [7, 11) is 0. The molecule has 0 saturated carbocycles. The Morgan fingerprint density at radius 1 is 1.00 bits per heavy atom. The monoisotopic (exact) mass is 550 g/mol. The van der Waals surface area contributed by atoms with Gasteiger partial charge in [0.25, 0.3) is 11.2 Å². The lowest BCUT2D eigenvalue weighted by Gasteiger charge is -2.08. The summed E-state index contributed by atoms with van der Waals surface area (Å²) in [5, 5.41) is 17.1. The number of hydrogen-bond donors (Lipinski definition) is 0. The maximum atomic E-state index is 13.4. The number of nitro groups is 1. The van der Waals surface area contributed by atoms with Gasteiger partial charge in [0.1, 0.15) is 17.9 Å². The van der Waals surface area contributed by atoms with Gasteiger partial charge in [-0.15, -0.1) is 0 Å². The zero-order valence-corrected chi connectivity index (χ0v) is 21.5. The van der Waals surface area contributed by atoms with Gasteiger partial charge >= 0.3 is 0 Å². The van der Waals surface area contributed by atoms with E-state index in [9.17, 15) is 14.9 Å². The molecule has 6 rings (SSSR count). The molecule has 10 heteroatoms. The number of benzene rings is 4. The molecule has 0 fully saturated rings. The minimum Gasteiger partial charge on any atom is -0.489 e.